The van der Waals surface area contributed by atoms with Crippen molar-refractivity contribution in [2.75, 3.05) is 31.1 Å². The van der Waals surface area contributed by atoms with Crippen molar-refractivity contribution in [2.24, 2.45) is 0 Å². The average molecular weight is 566 g/mol. The number of halogens is 3. The van der Waals surface area contributed by atoms with E-state index in [0.717, 1.165) is 11.3 Å². The molecule has 0 aliphatic carbocycles. The van der Waals surface area contributed by atoms with Crippen LogP contribution < -0.4 is 10.2 Å². The molecule has 1 N–H and O–H groups in total. The first-order valence-corrected chi connectivity index (χ1v) is 12.3. The lowest BCUT2D eigenvalue weighted by atomic mass is 10.2. The minimum Gasteiger partial charge on any atom is -0.457 e. The van der Waals surface area contributed by atoms with Gasteiger partial charge < -0.3 is 14.2 Å². The summed E-state index contributed by atoms with van der Waals surface area (Å²) in [6.45, 7) is 2.29. The monoisotopic (exact) mass is 564 g/mol. The molecule has 8 nitrogen and oxygen atoms in total. The van der Waals surface area contributed by atoms with E-state index in [2.05, 4.69) is 5.32 Å². The summed E-state index contributed by atoms with van der Waals surface area (Å²) in [6.07, 6.45) is 2.88. The van der Waals surface area contributed by atoms with E-state index < -0.39 is 4.92 Å². The molecule has 2 aromatic carbocycles. The number of hydrogen-bond acceptors (Lipinski definition) is 6. The van der Waals surface area contributed by atoms with Crippen LogP contribution in [0.25, 0.3) is 17.4 Å². The number of hydrogen-bond donors (Lipinski definition) is 1. The summed E-state index contributed by atoms with van der Waals surface area (Å²) < 4.78 is 5.75. The molecule has 0 spiro atoms. The molecule has 1 fully saturated rings. The molecule has 3 aromatic rings. The van der Waals surface area contributed by atoms with E-state index in [9.17, 15) is 14.9 Å². The molecule has 1 amide bonds. The van der Waals surface area contributed by atoms with E-state index in [1.165, 1.54) is 18.2 Å². The van der Waals surface area contributed by atoms with Crippen molar-refractivity contribution in [3.63, 3.8) is 0 Å². The van der Waals surface area contributed by atoms with Crippen LogP contribution in [0.1, 0.15) is 5.76 Å². The van der Waals surface area contributed by atoms with Crippen molar-refractivity contribution >= 4 is 75.5 Å². The Hall–Kier alpha value is -3.11. The molecule has 1 aliphatic rings. The van der Waals surface area contributed by atoms with Crippen LogP contribution in [0.15, 0.2) is 59.0 Å². The van der Waals surface area contributed by atoms with E-state index >= 15 is 0 Å². The van der Waals surface area contributed by atoms with Crippen molar-refractivity contribution in [3.05, 3.63) is 85.5 Å². The van der Waals surface area contributed by atoms with Gasteiger partial charge in [-0.15, -0.1) is 0 Å². The Kier molecular flexibility index (Phi) is 8.15. The predicted octanol–water partition coefficient (Wildman–Crippen LogP) is 6.05. The number of carbonyl (C=O) groups excluding carboxylic acids is 1. The van der Waals surface area contributed by atoms with Crippen molar-refractivity contribution in [1.29, 1.82) is 0 Å². The molecule has 0 bridgehead atoms. The highest BCUT2D eigenvalue weighted by Gasteiger charge is 2.22. The van der Waals surface area contributed by atoms with Gasteiger partial charge in [0.15, 0.2) is 5.11 Å². The van der Waals surface area contributed by atoms with Gasteiger partial charge in [-0.3, -0.25) is 20.2 Å². The lowest BCUT2D eigenvalue weighted by molar-refractivity contribution is -0.384. The molecule has 1 aliphatic heterocycles. The van der Waals surface area contributed by atoms with Crippen LogP contribution in [-0.2, 0) is 4.79 Å². The third-order valence-corrected chi connectivity index (χ3v) is 6.55. The molecule has 36 heavy (non-hydrogen) atoms. The summed E-state index contributed by atoms with van der Waals surface area (Å²) in [7, 11) is 0. The number of nitrogens with one attached hydrogen (secondary N) is 1. The minimum atomic E-state index is -0.483. The second-order valence-corrected chi connectivity index (χ2v) is 9.52. The summed E-state index contributed by atoms with van der Waals surface area (Å²) >= 11 is 23.7. The zero-order valence-electron chi connectivity index (χ0n) is 18.6. The van der Waals surface area contributed by atoms with Gasteiger partial charge in [-0.25, -0.2) is 0 Å². The summed E-state index contributed by atoms with van der Waals surface area (Å²) in [4.78, 5) is 26.7. The third kappa shape index (κ3) is 6.36. The van der Waals surface area contributed by atoms with Gasteiger partial charge in [0.1, 0.15) is 11.5 Å². The van der Waals surface area contributed by atoms with E-state index in [-0.39, 0.29) is 11.6 Å². The van der Waals surface area contributed by atoms with Crippen LogP contribution in [0, 0.1) is 10.1 Å². The fourth-order valence-electron chi connectivity index (χ4n) is 3.69. The Morgan fingerprint density at radius 1 is 1.03 bits per heavy atom. The third-order valence-electron chi connectivity index (χ3n) is 5.45. The van der Waals surface area contributed by atoms with Crippen LogP contribution in [0.3, 0.4) is 0 Å². The lowest BCUT2D eigenvalue weighted by Crippen LogP contribution is -2.52. The Bertz CT molecular complexity index is 1330. The van der Waals surface area contributed by atoms with Crippen LogP contribution in [0.4, 0.5) is 11.4 Å². The maximum absolute atomic E-state index is 12.4. The average Bonchev–Trinajstić information content (AvgIpc) is 3.31. The van der Waals surface area contributed by atoms with Gasteiger partial charge in [-0.05, 0) is 54.7 Å². The van der Waals surface area contributed by atoms with Gasteiger partial charge in [0.2, 0.25) is 5.91 Å². The Morgan fingerprint density at radius 2 is 1.72 bits per heavy atom. The molecule has 0 atom stereocenters. The number of anilines is 1. The number of carbonyl (C=O) groups is 1. The first-order valence-electron chi connectivity index (χ1n) is 10.7. The molecule has 2 heterocycles. The summed E-state index contributed by atoms with van der Waals surface area (Å²) in [5.41, 5.74) is 1.39. The smallest absolute Gasteiger partial charge is 0.271 e. The number of rotatable bonds is 5. The van der Waals surface area contributed by atoms with Gasteiger partial charge in [-0.1, -0.05) is 34.8 Å². The fourth-order valence-corrected chi connectivity index (χ4v) is 4.80. The standard InChI is InChI=1S/C24H19Cl3N4O4S/c25-16-11-15(12-17(26)13-16)22-5-2-19(35-22)3-6-23(32)28-24(36)30-9-7-29(8-10-30)21-4-1-18(31(33)34)14-20(21)27/h1-6,11-14H,7-10H2,(H,28,32,36)/b6-3+. The number of amides is 1. The lowest BCUT2D eigenvalue weighted by Gasteiger charge is -2.37. The molecular formula is C24H19Cl3N4O4S. The Balaban J connectivity index is 1.29. The maximum atomic E-state index is 12.4. The summed E-state index contributed by atoms with van der Waals surface area (Å²) in [6, 6.07) is 13.0. The number of furan rings is 1. The SMILES string of the molecule is O=C(/C=C/c1ccc(-c2cc(Cl)cc(Cl)c2)o1)NC(=S)N1CCN(c2ccc([N+](=O)[O-])cc2Cl)CC1. The molecular weight excluding hydrogens is 547 g/mol. The van der Waals surface area contributed by atoms with Gasteiger partial charge in [0.05, 0.1) is 15.6 Å². The minimum absolute atomic E-state index is 0.0565. The van der Waals surface area contributed by atoms with Crippen molar-refractivity contribution in [1.82, 2.24) is 10.2 Å². The first kappa shape index (κ1) is 26.0. The maximum Gasteiger partial charge on any atom is 0.271 e. The highest BCUT2D eigenvalue weighted by molar-refractivity contribution is 7.80. The zero-order chi connectivity index (χ0) is 25.8. The van der Waals surface area contributed by atoms with Gasteiger partial charge in [-0.2, -0.15) is 0 Å². The fraction of sp³-hybridized carbons (Fsp3) is 0.167. The molecule has 0 unspecified atom stereocenters. The van der Waals surface area contributed by atoms with Crippen LogP contribution in [0.2, 0.25) is 15.1 Å². The van der Waals surface area contributed by atoms with E-state index in [1.807, 2.05) is 9.80 Å². The van der Waals surface area contributed by atoms with Gasteiger partial charge >= 0.3 is 0 Å². The van der Waals surface area contributed by atoms with Crippen LogP contribution >= 0.6 is 47.0 Å². The molecule has 4 rings (SSSR count). The highest BCUT2D eigenvalue weighted by Crippen LogP contribution is 2.31. The van der Waals surface area contributed by atoms with Crippen LogP contribution in [-0.4, -0.2) is 47.0 Å². The second-order valence-electron chi connectivity index (χ2n) is 7.85. The van der Waals surface area contributed by atoms with Gasteiger partial charge in [0, 0.05) is 60.0 Å². The Labute approximate surface area is 227 Å². The normalized spacial score (nSPS) is 13.8. The molecule has 0 saturated carbocycles. The highest BCUT2D eigenvalue weighted by atomic mass is 35.5. The van der Waals surface area contributed by atoms with Crippen molar-refractivity contribution in [2.45, 2.75) is 0 Å². The molecule has 1 saturated heterocycles. The summed E-state index contributed by atoms with van der Waals surface area (Å²) in [5.74, 6) is 0.668. The van der Waals surface area contributed by atoms with Gasteiger partial charge in [0.25, 0.3) is 5.69 Å². The number of nitrogens with zero attached hydrogens (tertiary/aromatic N) is 3. The molecule has 186 valence electrons. The largest absolute Gasteiger partial charge is 0.457 e. The number of benzene rings is 2. The van der Waals surface area contributed by atoms with Crippen molar-refractivity contribution in [3.8, 4) is 11.3 Å². The topological polar surface area (TPSA) is 91.9 Å². The van der Waals surface area contributed by atoms with E-state index in [1.54, 1.807) is 42.5 Å². The number of piperazine rings is 1. The number of thiocarbonyl (C=S) groups is 1. The van der Waals surface area contributed by atoms with Crippen LogP contribution in [0.5, 0.6) is 0 Å². The molecule has 12 heteroatoms. The molecule has 0 radical (unpaired) electrons. The summed E-state index contributed by atoms with van der Waals surface area (Å²) in [5, 5.41) is 15.2. The quantitative estimate of drug-likeness (QED) is 0.174. The Morgan fingerprint density at radius 3 is 2.36 bits per heavy atom. The van der Waals surface area contributed by atoms with E-state index in [4.69, 9.17) is 51.4 Å². The van der Waals surface area contributed by atoms with Crippen molar-refractivity contribution < 1.29 is 14.1 Å². The second kappa shape index (κ2) is 11.3. The molecule has 1 aromatic heterocycles. The number of nitro benzene ring substituents is 1. The predicted molar refractivity (Wildman–Crippen MR) is 146 cm³/mol. The first-order chi connectivity index (χ1) is 17.2. The number of non-ortho nitro benzene ring substituents is 1. The number of nitro groups is 1. The zero-order valence-corrected chi connectivity index (χ0v) is 21.7. The van der Waals surface area contributed by atoms with E-state index in [0.29, 0.717) is 57.9 Å².